The molecule has 1 heterocycles. The van der Waals surface area contributed by atoms with E-state index in [1.54, 1.807) is 6.92 Å². The summed E-state index contributed by atoms with van der Waals surface area (Å²) in [6, 6.07) is 3.30. The standard InChI is InChI=1S/C11H15FN2O3S/c1-8-7-14(4-5-17-8)18(15,16)11-3-2-9(12)6-10(11)13/h2-3,6,8H,4-5,7,13H2,1H3. The third-order valence-electron chi connectivity index (χ3n) is 2.79. The van der Waals surface area contributed by atoms with Gasteiger partial charge in [-0.3, -0.25) is 0 Å². The maximum Gasteiger partial charge on any atom is 0.245 e. The van der Waals surface area contributed by atoms with Gasteiger partial charge in [0.2, 0.25) is 10.0 Å². The molecule has 1 fully saturated rings. The molecule has 1 saturated heterocycles. The Morgan fingerprint density at radius 2 is 2.22 bits per heavy atom. The summed E-state index contributed by atoms with van der Waals surface area (Å²) in [5.74, 6) is -0.554. The van der Waals surface area contributed by atoms with Gasteiger partial charge < -0.3 is 10.5 Å². The number of rotatable bonds is 2. The maximum atomic E-state index is 12.9. The highest BCUT2D eigenvalue weighted by atomic mass is 32.2. The van der Waals surface area contributed by atoms with E-state index in [1.807, 2.05) is 0 Å². The number of nitrogen functional groups attached to an aromatic ring is 1. The molecule has 7 heteroatoms. The lowest BCUT2D eigenvalue weighted by Gasteiger charge is -2.30. The first-order valence-corrected chi connectivity index (χ1v) is 7.02. The molecule has 1 aromatic rings. The monoisotopic (exact) mass is 274 g/mol. The second-order valence-electron chi connectivity index (χ2n) is 4.23. The highest BCUT2D eigenvalue weighted by molar-refractivity contribution is 7.89. The minimum atomic E-state index is -3.68. The van der Waals surface area contributed by atoms with Crippen LogP contribution >= 0.6 is 0 Å². The summed E-state index contributed by atoms with van der Waals surface area (Å²) >= 11 is 0. The van der Waals surface area contributed by atoms with Crippen LogP contribution in [0.3, 0.4) is 0 Å². The molecule has 0 aliphatic carbocycles. The average Bonchev–Trinajstić information content (AvgIpc) is 2.28. The molecule has 1 aliphatic heterocycles. The van der Waals surface area contributed by atoms with Crippen LogP contribution in [0.25, 0.3) is 0 Å². The number of anilines is 1. The van der Waals surface area contributed by atoms with E-state index < -0.39 is 15.8 Å². The van der Waals surface area contributed by atoms with Crippen molar-refractivity contribution in [3.63, 3.8) is 0 Å². The molecule has 1 aromatic carbocycles. The van der Waals surface area contributed by atoms with Gasteiger partial charge in [0.25, 0.3) is 0 Å². The minimum absolute atomic E-state index is 0.0574. The van der Waals surface area contributed by atoms with Gasteiger partial charge in [-0.2, -0.15) is 4.31 Å². The van der Waals surface area contributed by atoms with Crippen molar-refractivity contribution in [2.75, 3.05) is 25.4 Å². The van der Waals surface area contributed by atoms with Gasteiger partial charge in [-0.05, 0) is 25.1 Å². The SMILES string of the molecule is CC1CN(S(=O)(=O)c2ccc(F)cc2N)CCO1. The van der Waals surface area contributed by atoms with E-state index >= 15 is 0 Å². The first-order valence-electron chi connectivity index (χ1n) is 5.58. The number of morpholine rings is 1. The maximum absolute atomic E-state index is 12.9. The van der Waals surface area contributed by atoms with Crippen molar-refractivity contribution in [2.24, 2.45) is 0 Å². The lowest BCUT2D eigenvalue weighted by Crippen LogP contribution is -2.44. The fourth-order valence-electron chi connectivity index (χ4n) is 1.90. The Hall–Kier alpha value is -1.18. The second-order valence-corrected chi connectivity index (χ2v) is 6.13. The van der Waals surface area contributed by atoms with Crippen LogP contribution in [0.1, 0.15) is 6.92 Å². The van der Waals surface area contributed by atoms with E-state index in [-0.39, 0.29) is 29.8 Å². The highest BCUT2D eigenvalue weighted by Crippen LogP contribution is 2.24. The summed E-state index contributed by atoms with van der Waals surface area (Å²) in [4.78, 5) is -0.0574. The first-order chi connectivity index (χ1) is 8.41. The molecule has 0 saturated carbocycles. The molecule has 0 spiro atoms. The molecule has 5 nitrogen and oxygen atoms in total. The number of halogens is 1. The summed E-state index contributed by atoms with van der Waals surface area (Å²) < 4.78 is 44.2. The summed E-state index contributed by atoms with van der Waals surface area (Å²) in [5.41, 5.74) is 5.50. The van der Waals surface area contributed by atoms with Crippen molar-refractivity contribution in [1.82, 2.24) is 4.31 Å². The van der Waals surface area contributed by atoms with Crippen LogP contribution in [-0.2, 0) is 14.8 Å². The lowest BCUT2D eigenvalue weighted by atomic mass is 10.3. The van der Waals surface area contributed by atoms with E-state index in [1.165, 1.54) is 10.4 Å². The van der Waals surface area contributed by atoms with Crippen molar-refractivity contribution >= 4 is 15.7 Å². The molecule has 0 amide bonds. The van der Waals surface area contributed by atoms with Crippen LogP contribution in [-0.4, -0.2) is 38.5 Å². The molecule has 0 radical (unpaired) electrons. The lowest BCUT2D eigenvalue weighted by molar-refractivity contribution is 0.0102. The van der Waals surface area contributed by atoms with Crippen LogP contribution in [0.2, 0.25) is 0 Å². The normalized spacial score (nSPS) is 22.0. The van der Waals surface area contributed by atoms with Crippen molar-refractivity contribution in [3.05, 3.63) is 24.0 Å². The number of hydrogen-bond donors (Lipinski definition) is 1. The van der Waals surface area contributed by atoms with Gasteiger partial charge in [-0.25, -0.2) is 12.8 Å². The van der Waals surface area contributed by atoms with Crippen LogP contribution < -0.4 is 5.73 Å². The van der Waals surface area contributed by atoms with E-state index in [0.29, 0.717) is 6.61 Å². The third-order valence-corrected chi connectivity index (χ3v) is 4.73. The zero-order chi connectivity index (χ0) is 13.3. The summed E-state index contributed by atoms with van der Waals surface area (Å²) in [6.07, 6.45) is -0.157. The van der Waals surface area contributed by atoms with Gasteiger partial charge in [0, 0.05) is 13.1 Å². The number of nitrogens with two attached hydrogens (primary N) is 1. The van der Waals surface area contributed by atoms with E-state index in [4.69, 9.17) is 10.5 Å². The number of benzene rings is 1. The zero-order valence-corrected chi connectivity index (χ0v) is 10.8. The Balaban J connectivity index is 2.35. The number of hydrogen-bond acceptors (Lipinski definition) is 4. The minimum Gasteiger partial charge on any atom is -0.398 e. The van der Waals surface area contributed by atoms with Crippen LogP contribution in [0.4, 0.5) is 10.1 Å². The third kappa shape index (κ3) is 2.47. The van der Waals surface area contributed by atoms with Crippen molar-refractivity contribution < 1.29 is 17.5 Å². The van der Waals surface area contributed by atoms with Crippen molar-refractivity contribution in [2.45, 2.75) is 17.9 Å². The largest absolute Gasteiger partial charge is 0.398 e. The van der Waals surface area contributed by atoms with Crippen molar-refractivity contribution in [3.8, 4) is 0 Å². The Morgan fingerprint density at radius 3 is 2.83 bits per heavy atom. The smallest absolute Gasteiger partial charge is 0.245 e. The molecule has 0 aromatic heterocycles. The number of nitrogens with zero attached hydrogens (tertiary/aromatic N) is 1. The van der Waals surface area contributed by atoms with Gasteiger partial charge in [-0.15, -0.1) is 0 Å². The fraction of sp³-hybridized carbons (Fsp3) is 0.455. The molecule has 1 atom stereocenters. The Morgan fingerprint density at radius 1 is 1.50 bits per heavy atom. The van der Waals surface area contributed by atoms with Gasteiger partial charge >= 0.3 is 0 Å². The average molecular weight is 274 g/mol. The van der Waals surface area contributed by atoms with Crippen LogP contribution in [0.15, 0.2) is 23.1 Å². The first kappa shape index (κ1) is 13.3. The van der Waals surface area contributed by atoms with E-state index in [9.17, 15) is 12.8 Å². The predicted octanol–water partition coefficient (Wildman–Crippen LogP) is 0.817. The Bertz CT molecular complexity index is 547. The molecule has 0 bridgehead atoms. The molecule has 18 heavy (non-hydrogen) atoms. The zero-order valence-electron chi connectivity index (χ0n) is 9.97. The van der Waals surface area contributed by atoms with Crippen molar-refractivity contribution in [1.29, 1.82) is 0 Å². The molecule has 1 unspecified atom stereocenters. The Labute approximate surface area is 105 Å². The summed E-state index contributed by atoms with van der Waals surface area (Å²) in [6.45, 7) is 2.71. The molecular formula is C11H15FN2O3S. The highest BCUT2D eigenvalue weighted by Gasteiger charge is 2.30. The fourth-order valence-corrected chi connectivity index (χ4v) is 3.49. The quantitative estimate of drug-likeness (QED) is 0.810. The van der Waals surface area contributed by atoms with E-state index in [2.05, 4.69) is 0 Å². The second kappa shape index (κ2) is 4.83. The predicted molar refractivity (Wildman–Crippen MR) is 65.0 cm³/mol. The molecule has 100 valence electrons. The molecule has 2 N–H and O–H groups in total. The molecule has 1 aliphatic rings. The summed E-state index contributed by atoms with van der Waals surface area (Å²) in [5, 5.41) is 0. The Kier molecular flexibility index (Phi) is 3.56. The molecular weight excluding hydrogens is 259 g/mol. The van der Waals surface area contributed by atoms with Gasteiger partial charge in [-0.1, -0.05) is 0 Å². The van der Waals surface area contributed by atoms with Gasteiger partial charge in [0.15, 0.2) is 0 Å². The van der Waals surface area contributed by atoms with Crippen LogP contribution in [0.5, 0.6) is 0 Å². The molecule has 2 rings (SSSR count). The summed E-state index contributed by atoms with van der Waals surface area (Å²) in [7, 11) is -3.68. The van der Waals surface area contributed by atoms with Gasteiger partial charge in [0.1, 0.15) is 10.7 Å². The van der Waals surface area contributed by atoms with Gasteiger partial charge in [0.05, 0.1) is 18.4 Å². The number of sulfonamides is 1. The number of ether oxygens (including phenoxy) is 1. The van der Waals surface area contributed by atoms with E-state index in [0.717, 1.165) is 12.1 Å². The topological polar surface area (TPSA) is 72.6 Å². The van der Waals surface area contributed by atoms with Crippen LogP contribution in [0, 0.1) is 5.82 Å².